The van der Waals surface area contributed by atoms with Gasteiger partial charge < -0.3 is 4.55 Å². The molecule has 0 aromatic heterocycles. The van der Waals surface area contributed by atoms with Crippen molar-refractivity contribution in [2.75, 3.05) is 0 Å². The third-order valence-corrected chi connectivity index (χ3v) is 4.58. The highest BCUT2D eigenvalue weighted by atomic mass is 32.2. The minimum absolute atomic E-state index is 0.0739. The van der Waals surface area contributed by atoms with Gasteiger partial charge in [-0.3, -0.25) is 4.21 Å². The molecule has 1 aromatic rings. The maximum Gasteiger partial charge on any atom is 0.256 e. The molecule has 1 unspecified atom stereocenters. The summed E-state index contributed by atoms with van der Waals surface area (Å²) in [4.78, 5) is 2.02. The van der Waals surface area contributed by atoms with Crippen molar-refractivity contribution < 1.29 is 17.2 Å². The molecule has 1 saturated carbocycles. The molecule has 6 nitrogen and oxygen atoms in total. The van der Waals surface area contributed by atoms with E-state index in [0.717, 1.165) is 4.41 Å². The lowest BCUT2D eigenvalue weighted by Crippen LogP contribution is -2.45. The quantitative estimate of drug-likeness (QED) is 0.611. The first-order chi connectivity index (χ1) is 8.01. The zero-order valence-electron chi connectivity index (χ0n) is 8.78. The summed E-state index contributed by atoms with van der Waals surface area (Å²) < 4.78 is 46.3. The number of rotatable bonds is 5. The maximum absolute atomic E-state index is 12.1. The summed E-state index contributed by atoms with van der Waals surface area (Å²) in [6.45, 7) is 0. The Morgan fingerprint density at radius 2 is 1.88 bits per heavy atom. The third-order valence-electron chi connectivity index (χ3n) is 2.34. The lowest BCUT2D eigenvalue weighted by Gasteiger charge is -2.23. The highest BCUT2D eigenvalue weighted by molar-refractivity contribution is 7.89. The Morgan fingerprint density at radius 1 is 1.29 bits per heavy atom. The minimum atomic E-state index is -3.80. The van der Waals surface area contributed by atoms with Crippen molar-refractivity contribution in [3.8, 4) is 0 Å². The van der Waals surface area contributed by atoms with Gasteiger partial charge in [0.1, 0.15) is 0 Å². The number of hydrogen-bond donors (Lipinski definition) is 1. The molecule has 1 aliphatic carbocycles. The van der Waals surface area contributed by atoms with Gasteiger partial charge in [0.2, 0.25) is 0 Å². The van der Waals surface area contributed by atoms with E-state index in [0.29, 0.717) is 12.8 Å². The molecule has 1 aliphatic rings. The van der Waals surface area contributed by atoms with Gasteiger partial charge >= 0.3 is 0 Å². The van der Waals surface area contributed by atoms with Gasteiger partial charge in [-0.05, 0) is 25.0 Å². The fourth-order valence-electron chi connectivity index (χ4n) is 1.41. The van der Waals surface area contributed by atoms with Gasteiger partial charge in [0.15, 0.2) is 0 Å². The molecule has 2 rings (SSSR count). The van der Waals surface area contributed by atoms with Gasteiger partial charge in [0, 0.05) is 17.3 Å². The van der Waals surface area contributed by atoms with E-state index in [2.05, 4.69) is 0 Å². The highest BCUT2D eigenvalue weighted by Crippen LogP contribution is 2.30. The van der Waals surface area contributed by atoms with E-state index in [-0.39, 0.29) is 10.9 Å². The van der Waals surface area contributed by atoms with E-state index < -0.39 is 21.3 Å². The van der Waals surface area contributed by atoms with Crippen LogP contribution in [0, 0.1) is 0 Å². The van der Waals surface area contributed by atoms with E-state index in [9.17, 15) is 17.2 Å². The molecule has 17 heavy (non-hydrogen) atoms. The van der Waals surface area contributed by atoms with Gasteiger partial charge in [0.05, 0.1) is 4.90 Å². The molecule has 0 amide bonds. The summed E-state index contributed by atoms with van der Waals surface area (Å²) in [6, 6.07) is 7.45. The summed E-state index contributed by atoms with van der Waals surface area (Å²) in [5.41, 5.74) is 0. The van der Waals surface area contributed by atoms with Crippen LogP contribution in [0.2, 0.25) is 0 Å². The van der Waals surface area contributed by atoms with Gasteiger partial charge in [-0.15, -0.1) is 4.41 Å². The Balaban J connectivity index is 2.32. The van der Waals surface area contributed by atoms with Crippen molar-refractivity contribution in [1.29, 1.82) is 0 Å². The van der Waals surface area contributed by atoms with Crippen molar-refractivity contribution in [2.24, 2.45) is 0 Å². The van der Waals surface area contributed by atoms with E-state index in [1.54, 1.807) is 18.2 Å². The Morgan fingerprint density at radius 3 is 2.35 bits per heavy atom. The van der Waals surface area contributed by atoms with Gasteiger partial charge in [-0.25, -0.2) is 8.42 Å². The zero-order valence-corrected chi connectivity index (χ0v) is 10.4. The van der Waals surface area contributed by atoms with Crippen LogP contribution >= 0.6 is 0 Å². The summed E-state index contributed by atoms with van der Waals surface area (Å²) in [6.07, 6.45) is 1.33. The number of sulfonamides is 1. The van der Waals surface area contributed by atoms with Crippen molar-refractivity contribution >= 4 is 21.3 Å². The van der Waals surface area contributed by atoms with Crippen LogP contribution in [0.5, 0.6) is 0 Å². The Kier molecular flexibility index (Phi) is 3.59. The van der Waals surface area contributed by atoms with Crippen molar-refractivity contribution in [3.63, 3.8) is 0 Å². The first-order valence-electron chi connectivity index (χ1n) is 4.97. The topological polar surface area (TPSA) is 89.5 Å². The van der Waals surface area contributed by atoms with E-state index >= 15 is 0 Å². The molecule has 1 atom stereocenters. The average molecular weight is 275 g/mol. The van der Waals surface area contributed by atoms with Crippen LogP contribution in [0.1, 0.15) is 12.8 Å². The largest absolute Gasteiger partial charge is 0.759 e. The predicted octanol–water partition coefficient (Wildman–Crippen LogP) is 0.138. The molecule has 8 heteroatoms. The van der Waals surface area contributed by atoms with Crippen LogP contribution in [0.15, 0.2) is 35.2 Å². The third kappa shape index (κ3) is 2.90. The SMILES string of the molecule is O=S([O-])NN(C1CC1)S(=O)(=O)c1ccccc1. The average Bonchev–Trinajstić information content (AvgIpc) is 3.10. The smallest absolute Gasteiger partial charge is 0.256 e. The molecule has 94 valence electrons. The second-order valence-electron chi connectivity index (χ2n) is 3.67. The number of hydrogen-bond acceptors (Lipinski definition) is 4. The maximum atomic E-state index is 12.1. The van der Waals surface area contributed by atoms with Gasteiger partial charge in [0.25, 0.3) is 10.0 Å². The van der Waals surface area contributed by atoms with Crippen LogP contribution in [0.4, 0.5) is 0 Å². The van der Waals surface area contributed by atoms with Crippen LogP contribution in [-0.4, -0.2) is 27.6 Å². The summed E-state index contributed by atoms with van der Waals surface area (Å²) in [5, 5.41) is 0. The lowest BCUT2D eigenvalue weighted by molar-refractivity contribution is 0.360. The Labute approximate surface area is 102 Å². The molecule has 1 N–H and O–H groups in total. The summed E-state index contributed by atoms with van der Waals surface area (Å²) >= 11 is -2.65. The number of hydrazine groups is 1. The molecule has 1 fully saturated rings. The molecule has 0 spiro atoms. The van der Waals surface area contributed by atoms with Crippen molar-refractivity contribution in [1.82, 2.24) is 9.25 Å². The predicted molar refractivity (Wildman–Crippen MR) is 60.5 cm³/mol. The highest BCUT2D eigenvalue weighted by Gasteiger charge is 2.38. The van der Waals surface area contributed by atoms with Crippen molar-refractivity contribution in [3.05, 3.63) is 30.3 Å². The van der Waals surface area contributed by atoms with Crippen LogP contribution < -0.4 is 4.83 Å². The number of benzene rings is 1. The monoisotopic (exact) mass is 275 g/mol. The number of nitrogens with zero attached hydrogens (tertiary/aromatic N) is 1. The summed E-state index contributed by atoms with van der Waals surface area (Å²) in [5.74, 6) is 0. The second kappa shape index (κ2) is 4.83. The lowest BCUT2D eigenvalue weighted by atomic mass is 10.4. The van der Waals surface area contributed by atoms with E-state index in [4.69, 9.17) is 0 Å². The molecular formula is C9H11N2O4S2-. The van der Waals surface area contributed by atoms with Crippen LogP contribution in [0.25, 0.3) is 0 Å². The molecule has 1 aromatic carbocycles. The Bertz CT molecular complexity index is 513. The molecule has 0 radical (unpaired) electrons. The van der Waals surface area contributed by atoms with Gasteiger partial charge in [-0.1, -0.05) is 18.2 Å². The van der Waals surface area contributed by atoms with E-state index in [1.165, 1.54) is 12.1 Å². The molecule has 0 saturated heterocycles. The normalized spacial score (nSPS) is 18.2. The minimum Gasteiger partial charge on any atom is -0.759 e. The van der Waals surface area contributed by atoms with Crippen LogP contribution in [0.3, 0.4) is 0 Å². The molecular weight excluding hydrogens is 264 g/mol. The fourth-order valence-corrected chi connectivity index (χ4v) is 3.61. The van der Waals surface area contributed by atoms with Crippen molar-refractivity contribution in [2.45, 2.75) is 23.8 Å². The molecule has 0 aliphatic heterocycles. The second-order valence-corrected chi connectivity index (χ2v) is 6.14. The first-order valence-corrected chi connectivity index (χ1v) is 7.48. The first kappa shape index (κ1) is 12.7. The standard InChI is InChI=1S/C9H12N2O4S2/c12-16(13)10-11(8-6-7-8)17(14,15)9-4-2-1-3-5-9/h1-5,8,10H,6-7H2,(H,12,13)/p-1. The Hall–Kier alpha value is -0.800. The van der Waals surface area contributed by atoms with Gasteiger partial charge in [-0.2, -0.15) is 4.83 Å². The zero-order chi connectivity index (χ0) is 12.5. The molecule has 0 bridgehead atoms. The fraction of sp³-hybridized carbons (Fsp3) is 0.333. The number of nitrogens with one attached hydrogen (secondary N) is 1. The van der Waals surface area contributed by atoms with E-state index in [1.807, 2.05) is 4.83 Å². The van der Waals surface area contributed by atoms with Crippen LogP contribution in [-0.2, 0) is 21.3 Å². The summed E-state index contributed by atoms with van der Waals surface area (Å²) in [7, 11) is -3.80. The molecule has 0 heterocycles.